The third-order valence-corrected chi connectivity index (χ3v) is 24.5. The number of fused-ring (bicyclic) bond motifs is 13. The molecule has 0 saturated heterocycles. The molecule has 0 spiro atoms. The fourth-order valence-corrected chi connectivity index (χ4v) is 19.2. The van der Waals surface area contributed by atoms with Crippen molar-refractivity contribution in [2.24, 2.45) is 0 Å². The Morgan fingerprint density at radius 1 is 0.0932 bits per heavy atom. The van der Waals surface area contributed by atoms with E-state index >= 15 is 0 Å². The van der Waals surface area contributed by atoms with Gasteiger partial charge in [0, 0.05) is 0 Å². The predicted molar refractivity (Wildman–Crippen MR) is 508 cm³/mol. The maximum atomic E-state index is 2.39. The molecule has 1 aliphatic carbocycles. The SMILES string of the molecule is c1ccc(-c2ccc(-c3c4ccccc4c(-c4cc5ccccc5c5ccccc45)c4ccccc34)cc2)cc1.c1ccc(-c2ccc(-c3c4ccccc4c(-c4ccc5c6c(cccc46)-c4ccccc4-5)c4ccccc34)cc2)cc1.c1ccc(-c2cccc(-c3c4ccccc4c(-c4ccc5ccccc5c4)c4ccccc34)c2)cc1. The first-order valence-electron chi connectivity index (χ1n) is 40.9. The van der Waals surface area contributed by atoms with Crippen LogP contribution in [0.1, 0.15) is 0 Å². The van der Waals surface area contributed by atoms with Gasteiger partial charge in [0.05, 0.1) is 0 Å². The summed E-state index contributed by atoms with van der Waals surface area (Å²) >= 11 is 0. The summed E-state index contributed by atoms with van der Waals surface area (Å²) in [7, 11) is 0. The third kappa shape index (κ3) is 12.0. The van der Waals surface area contributed by atoms with Gasteiger partial charge in [0.1, 0.15) is 0 Å². The molecule has 0 heterocycles. The van der Waals surface area contributed by atoms with Gasteiger partial charge in [-0.1, -0.05) is 443 Å². The van der Waals surface area contributed by atoms with Gasteiger partial charge in [0.15, 0.2) is 0 Å². The van der Waals surface area contributed by atoms with Gasteiger partial charge in [0.2, 0.25) is 0 Å². The van der Waals surface area contributed by atoms with Crippen LogP contribution >= 0.6 is 0 Å². The van der Waals surface area contributed by atoms with E-state index < -0.39 is 0 Å². The summed E-state index contributed by atoms with van der Waals surface area (Å²) in [6.45, 7) is 0. The van der Waals surface area contributed by atoms with Crippen LogP contribution in [0.4, 0.5) is 0 Å². The normalized spacial score (nSPS) is 11.6. The minimum absolute atomic E-state index is 1.23. The number of rotatable bonds is 9. The first kappa shape index (κ1) is 69.4. The second-order valence-corrected chi connectivity index (χ2v) is 31.0. The fraction of sp³-hybridized carbons (Fsp3) is 0. The fourth-order valence-electron chi connectivity index (χ4n) is 19.2. The molecule has 1 aliphatic rings. The van der Waals surface area contributed by atoms with Crippen molar-refractivity contribution in [1.82, 2.24) is 0 Å². The Kier molecular flexibility index (Phi) is 17.4. The Morgan fingerprint density at radius 2 is 0.364 bits per heavy atom. The number of hydrogen-bond acceptors (Lipinski definition) is 0. The minimum Gasteiger partial charge on any atom is -0.0622 e. The number of hydrogen-bond donors (Lipinski definition) is 0. The molecule has 0 saturated carbocycles. The molecule has 0 aliphatic heterocycles. The molecule has 118 heavy (non-hydrogen) atoms. The van der Waals surface area contributed by atoms with Gasteiger partial charge in [-0.05, 0) is 248 Å². The van der Waals surface area contributed by atoms with Crippen LogP contribution in [0.3, 0.4) is 0 Å². The highest BCUT2D eigenvalue weighted by atomic mass is 14.3. The van der Waals surface area contributed by atoms with E-state index in [9.17, 15) is 0 Å². The minimum atomic E-state index is 1.23. The lowest BCUT2D eigenvalue weighted by atomic mass is 9.83. The van der Waals surface area contributed by atoms with E-state index in [4.69, 9.17) is 0 Å². The Bertz CT molecular complexity index is 7670. The van der Waals surface area contributed by atoms with Crippen LogP contribution in [0.15, 0.2) is 461 Å². The Hall–Kier alpha value is -15.3. The van der Waals surface area contributed by atoms with Crippen LogP contribution in [-0.4, -0.2) is 0 Å². The van der Waals surface area contributed by atoms with E-state index in [0.29, 0.717) is 0 Å². The predicted octanol–water partition coefficient (Wildman–Crippen LogP) is 33.2. The van der Waals surface area contributed by atoms with Crippen molar-refractivity contribution >= 4 is 108 Å². The Morgan fingerprint density at radius 3 is 0.831 bits per heavy atom. The second kappa shape index (κ2) is 29.6. The van der Waals surface area contributed by atoms with E-state index in [0.717, 1.165) is 0 Å². The van der Waals surface area contributed by atoms with Gasteiger partial charge in [-0.3, -0.25) is 0 Å². The maximum absolute atomic E-state index is 2.39. The molecule has 0 atom stereocenters. The average molecular weight is 1490 g/mol. The Labute approximate surface area is 686 Å². The van der Waals surface area contributed by atoms with E-state index in [1.807, 2.05) is 0 Å². The van der Waals surface area contributed by atoms with Crippen molar-refractivity contribution in [3.05, 3.63) is 461 Å². The Balaban J connectivity index is 0.000000107. The molecule has 0 N–H and O–H groups in total. The lowest BCUT2D eigenvalue weighted by Gasteiger charge is -2.19. The first-order chi connectivity index (χ1) is 58.6. The molecule has 0 heteroatoms. The number of benzene rings is 23. The summed E-state index contributed by atoms with van der Waals surface area (Å²) in [5.74, 6) is 0. The maximum Gasteiger partial charge on any atom is -0.00199 e. The first-order valence-corrected chi connectivity index (χ1v) is 40.9. The second-order valence-electron chi connectivity index (χ2n) is 31.0. The zero-order valence-electron chi connectivity index (χ0n) is 64.9. The van der Waals surface area contributed by atoms with Crippen LogP contribution in [0.25, 0.3) is 230 Å². The highest BCUT2D eigenvalue weighted by Gasteiger charge is 2.26. The van der Waals surface area contributed by atoms with E-state index in [2.05, 4.69) is 461 Å². The van der Waals surface area contributed by atoms with Crippen molar-refractivity contribution in [2.45, 2.75) is 0 Å². The summed E-state index contributed by atoms with van der Waals surface area (Å²) in [4.78, 5) is 0. The summed E-state index contributed by atoms with van der Waals surface area (Å²) in [6, 6.07) is 168. The topological polar surface area (TPSA) is 0 Å². The summed E-state index contributed by atoms with van der Waals surface area (Å²) in [5.41, 5.74) is 28.1. The van der Waals surface area contributed by atoms with Crippen molar-refractivity contribution in [3.8, 4) is 122 Å². The molecular formula is C118H76. The molecule has 0 nitrogen and oxygen atoms in total. The molecule has 23 aromatic rings. The third-order valence-electron chi connectivity index (χ3n) is 24.5. The zero-order chi connectivity index (χ0) is 78.0. The molecule has 0 fully saturated rings. The van der Waals surface area contributed by atoms with Gasteiger partial charge in [0.25, 0.3) is 0 Å². The van der Waals surface area contributed by atoms with Crippen LogP contribution in [0, 0.1) is 0 Å². The highest BCUT2D eigenvalue weighted by Crippen LogP contribution is 2.54. The standard InChI is InChI=1S/C42H26.C40H26.C36H24/c1-2-11-27(12-3-1)28-21-23-29(24-22-28)40-33-15-6-8-17-35(33)42(36-18-9-7-16-34(36)40)39-26-25-38-31-14-5-4-13-30(31)32-19-10-20-37(39)41(32)38;1-2-12-27(13-3-1)28-22-24-29(25-23-28)39-34-18-8-10-20-36(34)40(37-21-11-9-19-35(37)39)38-26-30-14-4-5-15-31(30)32-16-6-7-17-33(32)38;1-2-11-25(12-3-1)28-15-10-16-29(23-28)35-31-17-6-8-19-33(31)36(34-20-9-7-18-32(34)35)30-22-21-26-13-4-5-14-27(26)24-30/h1-26H;1-26H;1-24H. The monoisotopic (exact) mass is 1490 g/mol. The van der Waals surface area contributed by atoms with Crippen LogP contribution < -0.4 is 0 Å². The largest absolute Gasteiger partial charge is 0.0622 e. The van der Waals surface area contributed by atoms with Crippen molar-refractivity contribution in [1.29, 1.82) is 0 Å². The van der Waals surface area contributed by atoms with Crippen molar-refractivity contribution in [2.75, 3.05) is 0 Å². The van der Waals surface area contributed by atoms with Crippen molar-refractivity contribution < 1.29 is 0 Å². The summed E-state index contributed by atoms with van der Waals surface area (Å²) in [6.07, 6.45) is 0. The highest BCUT2D eigenvalue weighted by molar-refractivity contribution is 6.29. The molecule has 548 valence electrons. The molecule has 23 aromatic carbocycles. The van der Waals surface area contributed by atoms with Gasteiger partial charge in [-0.15, -0.1) is 0 Å². The zero-order valence-corrected chi connectivity index (χ0v) is 64.9. The van der Waals surface area contributed by atoms with E-state index in [1.165, 1.54) is 230 Å². The lowest BCUT2D eigenvalue weighted by molar-refractivity contribution is 1.61. The van der Waals surface area contributed by atoms with Crippen molar-refractivity contribution in [3.63, 3.8) is 0 Å². The van der Waals surface area contributed by atoms with Crippen LogP contribution in [0.2, 0.25) is 0 Å². The molecule has 0 bridgehead atoms. The molecule has 24 rings (SSSR count). The molecule has 0 radical (unpaired) electrons. The van der Waals surface area contributed by atoms with Gasteiger partial charge in [-0.25, -0.2) is 0 Å². The van der Waals surface area contributed by atoms with Gasteiger partial charge < -0.3 is 0 Å². The molecule has 0 unspecified atom stereocenters. The van der Waals surface area contributed by atoms with Gasteiger partial charge >= 0.3 is 0 Å². The molecule has 0 amide bonds. The van der Waals surface area contributed by atoms with E-state index in [-0.39, 0.29) is 0 Å². The van der Waals surface area contributed by atoms with E-state index in [1.54, 1.807) is 0 Å². The average Bonchev–Trinajstić information content (AvgIpc) is 1.51. The quantitative estimate of drug-likeness (QED) is 0.0998. The molecule has 0 aromatic heterocycles. The molecular weight excluding hydrogens is 1420 g/mol. The smallest absolute Gasteiger partial charge is 0.00199 e. The van der Waals surface area contributed by atoms with Crippen LogP contribution in [-0.2, 0) is 0 Å². The van der Waals surface area contributed by atoms with Gasteiger partial charge in [-0.2, -0.15) is 0 Å². The summed E-state index contributed by atoms with van der Waals surface area (Å²) < 4.78 is 0. The summed E-state index contributed by atoms with van der Waals surface area (Å²) in [5, 5.41) is 25.8. The van der Waals surface area contributed by atoms with Crippen LogP contribution in [0.5, 0.6) is 0 Å². The lowest BCUT2D eigenvalue weighted by Crippen LogP contribution is -1.92.